The van der Waals surface area contributed by atoms with Crippen molar-refractivity contribution >= 4 is 32.6 Å². The summed E-state index contributed by atoms with van der Waals surface area (Å²) in [7, 11) is 0. The number of nitrogens with one attached hydrogen (secondary N) is 1. The van der Waals surface area contributed by atoms with Gasteiger partial charge < -0.3 is 10.1 Å². The van der Waals surface area contributed by atoms with E-state index in [0.29, 0.717) is 11.7 Å². The summed E-state index contributed by atoms with van der Waals surface area (Å²) in [6.45, 7) is 6.23. The molecule has 0 saturated heterocycles. The summed E-state index contributed by atoms with van der Waals surface area (Å²) in [5.41, 5.74) is 0.803. The molecule has 0 fully saturated rings. The van der Waals surface area contributed by atoms with E-state index in [1.807, 2.05) is 45.0 Å². The van der Waals surface area contributed by atoms with E-state index < -0.39 is 5.92 Å². The van der Waals surface area contributed by atoms with Crippen LogP contribution in [0.25, 0.3) is 10.2 Å². The number of fused-ring (bicyclic) bond motifs is 1. The standard InChI is InChI=1S/C15H17N3O2S/c1-4-20-10-5-6-12-13(7-10)21-15(17-12)18-14(19)11(8-16)9(2)3/h5-7,9,11H,4H2,1-3H3,(H,17,18,19). The topological polar surface area (TPSA) is 75.0 Å². The fourth-order valence-corrected chi connectivity index (χ4v) is 2.81. The van der Waals surface area contributed by atoms with E-state index in [0.717, 1.165) is 16.0 Å². The minimum absolute atomic E-state index is 0.0334. The summed E-state index contributed by atoms with van der Waals surface area (Å²) in [6.07, 6.45) is 0. The summed E-state index contributed by atoms with van der Waals surface area (Å²) in [5, 5.41) is 12.3. The molecule has 2 rings (SSSR count). The zero-order chi connectivity index (χ0) is 15.4. The Morgan fingerprint density at radius 2 is 2.29 bits per heavy atom. The lowest BCUT2D eigenvalue weighted by atomic mass is 9.97. The van der Waals surface area contributed by atoms with Gasteiger partial charge in [-0.2, -0.15) is 5.26 Å². The van der Waals surface area contributed by atoms with Crippen LogP contribution in [0.2, 0.25) is 0 Å². The van der Waals surface area contributed by atoms with Gasteiger partial charge in [0.05, 0.1) is 22.9 Å². The lowest BCUT2D eigenvalue weighted by Crippen LogP contribution is -2.25. The molecule has 1 aromatic heterocycles. The van der Waals surface area contributed by atoms with Gasteiger partial charge in [-0.25, -0.2) is 4.98 Å². The predicted octanol–water partition coefficient (Wildman–Crippen LogP) is 3.43. The molecule has 0 aliphatic carbocycles. The maximum atomic E-state index is 12.0. The first kappa shape index (κ1) is 15.3. The van der Waals surface area contributed by atoms with Gasteiger partial charge in [-0.1, -0.05) is 25.2 Å². The van der Waals surface area contributed by atoms with Crippen molar-refractivity contribution in [1.29, 1.82) is 5.26 Å². The summed E-state index contributed by atoms with van der Waals surface area (Å²) in [6, 6.07) is 7.63. The average Bonchev–Trinajstić information content (AvgIpc) is 2.80. The monoisotopic (exact) mass is 303 g/mol. The number of nitriles is 1. The number of nitrogens with zero attached hydrogens (tertiary/aromatic N) is 2. The van der Waals surface area contributed by atoms with Gasteiger partial charge in [-0.15, -0.1) is 0 Å². The molecule has 1 N–H and O–H groups in total. The Labute approximate surface area is 127 Å². The van der Waals surface area contributed by atoms with Gasteiger partial charge in [0.25, 0.3) is 0 Å². The first-order valence-electron chi connectivity index (χ1n) is 6.79. The molecule has 0 radical (unpaired) electrons. The normalized spacial score (nSPS) is 12.1. The molecule has 0 bridgehead atoms. The Balaban J connectivity index is 2.20. The fraction of sp³-hybridized carbons (Fsp3) is 0.400. The second-order valence-corrected chi connectivity index (χ2v) is 5.95. The molecule has 1 unspecified atom stereocenters. The number of hydrogen-bond acceptors (Lipinski definition) is 5. The van der Waals surface area contributed by atoms with E-state index >= 15 is 0 Å². The number of rotatable bonds is 5. The van der Waals surface area contributed by atoms with E-state index in [1.54, 1.807) is 0 Å². The summed E-state index contributed by atoms with van der Waals surface area (Å²) in [4.78, 5) is 16.4. The molecule has 0 aliphatic rings. The molecule has 1 amide bonds. The second-order valence-electron chi connectivity index (χ2n) is 4.92. The van der Waals surface area contributed by atoms with Crippen molar-refractivity contribution in [3.05, 3.63) is 18.2 Å². The molecule has 0 spiro atoms. The van der Waals surface area contributed by atoms with Crippen molar-refractivity contribution < 1.29 is 9.53 Å². The highest BCUT2D eigenvalue weighted by atomic mass is 32.1. The molecular weight excluding hydrogens is 286 g/mol. The molecule has 21 heavy (non-hydrogen) atoms. The van der Waals surface area contributed by atoms with Gasteiger partial charge in [-0.05, 0) is 31.0 Å². The molecule has 0 aliphatic heterocycles. The van der Waals surface area contributed by atoms with Crippen molar-refractivity contribution in [2.45, 2.75) is 20.8 Å². The smallest absolute Gasteiger partial charge is 0.243 e. The molecule has 110 valence electrons. The summed E-state index contributed by atoms with van der Waals surface area (Å²) in [5.74, 6) is -0.231. The zero-order valence-corrected chi connectivity index (χ0v) is 13.0. The van der Waals surface area contributed by atoms with Gasteiger partial charge in [0, 0.05) is 0 Å². The summed E-state index contributed by atoms with van der Waals surface area (Å²) < 4.78 is 6.38. The van der Waals surface area contributed by atoms with Gasteiger partial charge in [0.15, 0.2) is 5.13 Å². The largest absolute Gasteiger partial charge is 0.494 e. The van der Waals surface area contributed by atoms with E-state index in [4.69, 9.17) is 10.00 Å². The number of hydrogen-bond donors (Lipinski definition) is 1. The number of aromatic nitrogens is 1. The van der Waals surface area contributed by atoms with E-state index in [9.17, 15) is 4.79 Å². The Hall–Kier alpha value is -2.13. The number of amides is 1. The van der Waals surface area contributed by atoms with E-state index in [1.165, 1.54) is 11.3 Å². The zero-order valence-electron chi connectivity index (χ0n) is 12.2. The molecule has 2 aromatic rings. The van der Waals surface area contributed by atoms with Gasteiger partial charge >= 0.3 is 0 Å². The van der Waals surface area contributed by atoms with Crippen molar-refractivity contribution in [2.75, 3.05) is 11.9 Å². The van der Waals surface area contributed by atoms with Crippen LogP contribution in [0.3, 0.4) is 0 Å². The molecule has 1 aromatic carbocycles. The molecule has 1 heterocycles. The van der Waals surface area contributed by atoms with Crippen LogP contribution < -0.4 is 10.1 Å². The first-order chi connectivity index (χ1) is 10.0. The highest BCUT2D eigenvalue weighted by Crippen LogP contribution is 2.29. The van der Waals surface area contributed by atoms with E-state index in [-0.39, 0.29) is 11.8 Å². The maximum absolute atomic E-state index is 12.0. The highest BCUT2D eigenvalue weighted by Gasteiger charge is 2.22. The Bertz CT molecular complexity index is 688. The first-order valence-corrected chi connectivity index (χ1v) is 7.60. The minimum atomic E-state index is -0.670. The number of ether oxygens (including phenoxy) is 1. The van der Waals surface area contributed by atoms with Crippen LogP contribution >= 0.6 is 11.3 Å². The van der Waals surface area contributed by atoms with Gasteiger partial charge in [0.2, 0.25) is 5.91 Å². The third-order valence-corrected chi connectivity index (χ3v) is 3.92. The van der Waals surface area contributed by atoms with Crippen LogP contribution in [0.5, 0.6) is 5.75 Å². The third kappa shape index (κ3) is 3.50. The Kier molecular flexibility index (Phi) is 4.76. The Morgan fingerprint density at radius 3 is 2.90 bits per heavy atom. The number of carbonyl (C=O) groups is 1. The molecule has 1 atom stereocenters. The maximum Gasteiger partial charge on any atom is 0.243 e. The van der Waals surface area contributed by atoms with Crippen LogP contribution in [0.15, 0.2) is 18.2 Å². The van der Waals surface area contributed by atoms with Crippen LogP contribution in [0, 0.1) is 23.2 Å². The molecule has 6 heteroatoms. The molecular formula is C15H17N3O2S. The van der Waals surface area contributed by atoms with Gasteiger partial charge in [0.1, 0.15) is 11.7 Å². The van der Waals surface area contributed by atoms with Crippen LogP contribution in [-0.2, 0) is 4.79 Å². The number of thiazole rings is 1. The lowest BCUT2D eigenvalue weighted by molar-refractivity contribution is -0.119. The molecule has 5 nitrogen and oxygen atoms in total. The van der Waals surface area contributed by atoms with Crippen LogP contribution in [-0.4, -0.2) is 17.5 Å². The number of anilines is 1. The van der Waals surface area contributed by atoms with Crippen molar-refractivity contribution in [3.63, 3.8) is 0 Å². The number of benzene rings is 1. The third-order valence-electron chi connectivity index (χ3n) is 2.99. The average molecular weight is 303 g/mol. The lowest BCUT2D eigenvalue weighted by Gasteiger charge is -2.11. The quantitative estimate of drug-likeness (QED) is 0.918. The van der Waals surface area contributed by atoms with Gasteiger partial charge in [-0.3, -0.25) is 4.79 Å². The van der Waals surface area contributed by atoms with Crippen LogP contribution in [0.4, 0.5) is 5.13 Å². The SMILES string of the molecule is CCOc1ccc2nc(NC(=O)C(C#N)C(C)C)sc2c1. The van der Waals surface area contributed by atoms with Crippen molar-refractivity contribution in [3.8, 4) is 11.8 Å². The molecule has 0 saturated carbocycles. The van der Waals surface area contributed by atoms with Crippen molar-refractivity contribution in [2.24, 2.45) is 11.8 Å². The minimum Gasteiger partial charge on any atom is -0.494 e. The predicted molar refractivity (Wildman–Crippen MR) is 83.4 cm³/mol. The fourth-order valence-electron chi connectivity index (χ4n) is 1.91. The second kappa shape index (κ2) is 6.55. The highest BCUT2D eigenvalue weighted by molar-refractivity contribution is 7.22. The van der Waals surface area contributed by atoms with E-state index in [2.05, 4.69) is 10.3 Å². The number of carbonyl (C=O) groups excluding carboxylic acids is 1. The summed E-state index contributed by atoms with van der Waals surface area (Å²) >= 11 is 1.37. The van der Waals surface area contributed by atoms with Crippen molar-refractivity contribution in [1.82, 2.24) is 4.98 Å². The van der Waals surface area contributed by atoms with Crippen LogP contribution in [0.1, 0.15) is 20.8 Å². The Morgan fingerprint density at radius 1 is 1.52 bits per heavy atom.